The summed E-state index contributed by atoms with van der Waals surface area (Å²) < 4.78 is 5.53. The number of rotatable bonds is 7. The second-order valence-electron chi connectivity index (χ2n) is 5.69. The smallest absolute Gasteiger partial charge is 0.230 e. The predicted octanol–water partition coefficient (Wildman–Crippen LogP) is 4.97. The number of aromatic nitrogens is 1. The summed E-state index contributed by atoms with van der Waals surface area (Å²) in [6.07, 6.45) is 0.985. The summed E-state index contributed by atoms with van der Waals surface area (Å²) in [6.45, 7) is 2.41. The van der Waals surface area contributed by atoms with Crippen molar-refractivity contribution in [3.63, 3.8) is 0 Å². The summed E-state index contributed by atoms with van der Waals surface area (Å²) in [5.74, 6) is 0.457. The molecule has 4 nitrogen and oxygen atoms in total. The number of benzene rings is 2. The molecule has 1 N–H and O–H groups in total. The van der Waals surface area contributed by atoms with Gasteiger partial charge in [-0.2, -0.15) is 0 Å². The van der Waals surface area contributed by atoms with E-state index in [-0.39, 0.29) is 12.3 Å². The van der Waals surface area contributed by atoms with Crippen LogP contribution >= 0.6 is 22.9 Å². The van der Waals surface area contributed by atoms with E-state index in [4.69, 9.17) is 16.3 Å². The Morgan fingerprint density at radius 3 is 2.81 bits per heavy atom. The molecule has 26 heavy (non-hydrogen) atoms. The average Bonchev–Trinajstić information content (AvgIpc) is 3.05. The van der Waals surface area contributed by atoms with Crippen LogP contribution in [0, 0.1) is 0 Å². The molecule has 3 rings (SSSR count). The normalized spacial score (nSPS) is 10.5. The minimum Gasteiger partial charge on any atom is -0.492 e. The Hall–Kier alpha value is -2.37. The van der Waals surface area contributed by atoms with Gasteiger partial charge in [-0.3, -0.25) is 4.79 Å². The molecule has 1 aromatic heterocycles. The lowest BCUT2D eigenvalue weighted by Gasteiger charge is -2.11. The first-order valence-electron chi connectivity index (χ1n) is 8.33. The van der Waals surface area contributed by atoms with E-state index in [9.17, 15) is 4.79 Å². The second-order valence-corrected chi connectivity index (χ2v) is 7.07. The molecule has 0 aliphatic rings. The van der Waals surface area contributed by atoms with Gasteiger partial charge in [0.1, 0.15) is 5.75 Å². The van der Waals surface area contributed by atoms with Gasteiger partial charge in [0.15, 0.2) is 0 Å². The van der Waals surface area contributed by atoms with Crippen LogP contribution in [0.15, 0.2) is 53.9 Å². The fraction of sp³-hybridized carbons (Fsp3) is 0.200. The zero-order chi connectivity index (χ0) is 18.4. The largest absolute Gasteiger partial charge is 0.492 e. The Kier molecular flexibility index (Phi) is 6.26. The van der Waals surface area contributed by atoms with E-state index in [1.54, 1.807) is 29.5 Å². The van der Waals surface area contributed by atoms with Crippen LogP contribution < -0.4 is 10.1 Å². The highest BCUT2D eigenvalue weighted by molar-refractivity contribution is 7.09. The van der Waals surface area contributed by atoms with Crippen LogP contribution in [-0.2, 0) is 17.6 Å². The molecule has 3 aromatic rings. The first-order valence-corrected chi connectivity index (χ1v) is 9.59. The third-order valence-electron chi connectivity index (χ3n) is 3.65. The molecule has 0 aliphatic heterocycles. The number of thiazole rings is 1. The zero-order valence-corrected chi connectivity index (χ0v) is 15.9. The van der Waals surface area contributed by atoms with Gasteiger partial charge in [0, 0.05) is 16.8 Å². The maximum Gasteiger partial charge on any atom is 0.230 e. The van der Waals surface area contributed by atoms with Crippen molar-refractivity contribution in [1.29, 1.82) is 0 Å². The van der Waals surface area contributed by atoms with Gasteiger partial charge in [0.05, 0.1) is 29.4 Å². The highest BCUT2D eigenvalue weighted by Gasteiger charge is 2.12. The molecule has 0 atom stereocenters. The Morgan fingerprint density at radius 2 is 2.04 bits per heavy atom. The minimum absolute atomic E-state index is 0.148. The highest BCUT2D eigenvalue weighted by atomic mass is 35.5. The lowest BCUT2D eigenvalue weighted by Crippen LogP contribution is -2.15. The topological polar surface area (TPSA) is 51.2 Å². The fourth-order valence-electron chi connectivity index (χ4n) is 2.52. The first kappa shape index (κ1) is 18.4. The summed E-state index contributed by atoms with van der Waals surface area (Å²) in [7, 11) is 0. The summed E-state index contributed by atoms with van der Waals surface area (Å²) >= 11 is 7.59. The number of hydrogen-bond acceptors (Lipinski definition) is 4. The van der Waals surface area contributed by atoms with Crippen molar-refractivity contribution in [2.45, 2.75) is 19.8 Å². The van der Waals surface area contributed by atoms with Crippen LogP contribution in [0.4, 0.5) is 5.69 Å². The summed E-state index contributed by atoms with van der Waals surface area (Å²) in [5.41, 5.74) is 2.54. The lowest BCUT2D eigenvalue weighted by molar-refractivity contribution is -0.115. The molecular formula is C20H19ClN2O2S. The number of carbonyl (C=O) groups excluding carboxylic acids is 1. The molecule has 2 aromatic carbocycles. The molecule has 0 unspecified atom stereocenters. The Morgan fingerprint density at radius 1 is 1.23 bits per heavy atom. The molecule has 0 saturated heterocycles. The van der Waals surface area contributed by atoms with Gasteiger partial charge in [-0.25, -0.2) is 4.98 Å². The van der Waals surface area contributed by atoms with Crippen LogP contribution in [0.3, 0.4) is 0 Å². The lowest BCUT2D eigenvalue weighted by atomic mass is 10.2. The van der Waals surface area contributed by atoms with Crippen LogP contribution in [-0.4, -0.2) is 17.5 Å². The number of ether oxygens (including phenoxy) is 1. The number of amides is 1. The molecule has 0 radical (unpaired) electrons. The van der Waals surface area contributed by atoms with Gasteiger partial charge >= 0.3 is 0 Å². The van der Waals surface area contributed by atoms with Crippen molar-refractivity contribution in [2.24, 2.45) is 0 Å². The number of nitrogens with one attached hydrogen (secondary N) is 1. The summed E-state index contributed by atoms with van der Waals surface area (Å²) in [4.78, 5) is 16.9. The van der Waals surface area contributed by atoms with Crippen LogP contribution in [0.1, 0.15) is 23.2 Å². The van der Waals surface area contributed by atoms with Gasteiger partial charge in [0.2, 0.25) is 5.91 Å². The Balaban J connectivity index is 1.63. The quantitative estimate of drug-likeness (QED) is 0.623. The highest BCUT2D eigenvalue weighted by Crippen LogP contribution is 2.28. The molecule has 1 amide bonds. The van der Waals surface area contributed by atoms with E-state index in [0.29, 0.717) is 23.1 Å². The maximum absolute atomic E-state index is 12.4. The maximum atomic E-state index is 12.4. The summed E-state index contributed by atoms with van der Waals surface area (Å²) in [6, 6.07) is 15.3. The number of halogens is 1. The van der Waals surface area contributed by atoms with Crippen LogP contribution in [0.25, 0.3) is 0 Å². The third-order valence-corrected chi connectivity index (χ3v) is 4.79. The fourth-order valence-corrected chi connectivity index (χ4v) is 3.52. The first-order chi connectivity index (χ1) is 12.6. The molecular weight excluding hydrogens is 368 g/mol. The van der Waals surface area contributed by atoms with E-state index in [2.05, 4.69) is 22.4 Å². The van der Waals surface area contributed by atoms with Gasteiger partial charge in [0.25, 0.3) is 0 Å². The second kappa shape index (κ2) is 8.83. The van der Waals surface area contributed by atoms with Crippen molar-refractivity contribution >= 4 is 34.5 Å². The van der Waals surface area contributed by atoms with Crippen molar-refractivity contribution in [3.05, 3.63) is 75.2 Å². The molecule has 0 saturated carbocycles. The molecule has 0 aliphatic carbocycles. The number of anilines is 1. The molecule has 1 heterocycles. The number of hydrogen-bond donors (Lipinski definition) is 1. The average molecular weight is 387 g/mol. The standard InChI is InChI=1S/C20H19ClN2O2S/c1-2-25-18-9-8-15(21)11-17(18)23-19(24)12-16-13-26-20(22-16)10-14-6-4-3-5-7-14/h3-9,11,13H,2,10,12H2,1H3,(H,23,24). The number of carbonyl (C=O) groups is 1. The van der Waals surface area contributed by atoms with Crippen LogP contribution in [0.2, 0.25) is 5.02 Å². The third kappa shape index (κ3) is 5.07. The van der Waals surface area contributed by atoms with Crippen LogP contribution in [0.5, 0.6) is 5.75 Å². The van der Waals surface area contributed by atoms with Crippen molar-refractivity contribution in [1.82, 2.24) is 4.98 Å². The van der Waals surface area contributed by atoms with E-state index in [1.807, 2.05) is 30.5 Å². The molecule has 0 fully saturated rings. The van der Waals surface area contributed by atoms with Crippen molar-refractivity contribution in [3.8, 4) is 5.75 Å². The van der Waals surface area contributed by atoms with E-state index >= 15 is 0 Å². The number of nitrogens with zero attached hydrogens (tertiary/aromatic N) is 1. The van der Waals surface area contributed by atoms with Crippen molar-refractivity contribution < 1.29 is 9.53 Å². The zero-order valence-electron chi connectivity index (χ0n) is 14.4. The molecule has 0 bridgehead atoms. The molecule has 134 valence electrons. The monoisotopic (exact) mass is 386 g/mol. The molecule has 6 heteroatoms. The van der Waals surface area contributed by atoms with Gasteiger partial charge in [-0.05, 0) is 30.7 Å². The molecule has 0 spiro atoms. The van der Waals surface area contributed by atoms with E-state index < -0.39 is 0 Å². The van der Waals surface area contributed by atoms with E-state index in [1.165, 1.54) is 5.56 Å². The minimum atomic E-state index is -0.148. The Labute approximate surface area is 161 Å². The SMILES string of the molecule is CCOc1ccc(Cl)cc1NC(=O)Cc1csc(Cc2ccccc2)n1. The predicted molar refractivity (Wildman–Crippen MR) is 106 cm³/mol. The van der Waals surface area contributed by atoms with Crippen molar-refractivity contribution in [2.75, 3.05) is 11.9 Å². The van der Waals surface area contributed by atoms with Gasteiger partial charge in [-0.1, -0.05) is 41.9 Å². The Bertz CT molecular complexity index is 881. The van der Waals surface area contributed by atoms with E-state index in [0.717, 1.165) is 17.1 Å². The van der Waals surface area contributed by atoms with Gasteiger partial charge < -0.3 is 10.1 Å². The summed E-state index contributed by atoms with van der Waals surface area (Å²) in [5, 5.41) is 6.33. The van der Waals surface area contributed by atoms with Gasteiger partial charge in [-0.15, -0.1) is 11.3 Å².